The fourth-order valence-corrected chi connectivity index (χ4v) is 4.93. The van der Waals surface area contributed by atoms with E-state index in [-0.39, 0.29) is 23.9 Å². The van der Waals surface area contributed by atoms with E-state index in [4.69, 9.17) is 4.74 Å². The van der Waals surface area contributed by atoms with Crippen molar-refractivity contribution in [1.82, 2.24) is 9.21 Å². The molecule has 0 radical (unpaired) electrons. The summed E-state index contributed by atoms with van der Waals surface area (Å²) in [6, 6.07) is 10.2. The summed E-state index contributed by atoms with van der Waals surface area (Å²) in [5.74, 6) is 0.286. The van der Waals surface area contributed by atoms with E-state index in [1.54, 1.807) is 29.2 Å². The molecule has 24 heavy (non-hydrogen) atoms. The maximum Gasteiger partial charge on any atom is 0.264 e. The van der Waals surface area contributed by atoms with Gasteiger partial charge in [-0.2, -0.15) is 4.31 Å². The SMILES string of the molecule is COc1ccccc1S(=O)(=O)N1CCN(C(=O)c2cccs2)CC1. The first kappa shape index (κ1) is 16.9. The molecule has 0 aliphatic carbocycles. The van der Waals surface area contributed by atoms with E-state index in [0.29, 0.717) is 23.7 Å². The number of benzene rings is 1. The first-order valence-electron chi connectivity index (χ1n) is 7.50. The highest BCUT2D eigenvalue weighted by Crippen LogP contribution is 2.27. The van der Waals surface area contributed by atoms with Gasteiger partial charge in [0.15, 0.2) is 0 Å². The number of methoxy groups -OCH3 is 1. The van der Waals surface area contributed by atoms with E-state index in [1.165, 1.54) is 28.8 Å². The van der Waals surface area contributed by atoms with Crippen molar-refractivity contribution in [3.8, 4) is 5.75 Å². The number of para-hydroxylation sites is 1. The summed E-state index contributed by atoms with van der Waals surface area (Å²) in [5.41, 5.74) is 0. The number of carbonyl (C=O) groups excluding carboxylic acids is 1. The summed E-state index contributed by atoms with van der Waals surface area (Å²) < 4.78 is 32.2. The Morgan fingerprint density at radius 2 is 1.79 bits per heavy atom. The molecular formula is C16H18N2O4S2. The molecule has 1 aliphatic heterocycles. The normalized spacial score (nSPS) is 16.1. The van der Waals surface area contributed by atoms with Crippen LogP contribution < -0.4 is 4.74 Å². The molecule has 2 heterocycles. The van der Waals surface area contributed by atoms with Gasteiger partial charge in [0.2, 0.25) is 10.0 Å². The topological polar surface area (TPSA) is 66.9 Å². The van der Waals surface area contributed by atoms with E-state index in [9.17, 15) is 13.2 Å². The largest absolute Gasteiger partial charge is 0.495 e. The molecule has 0 bridgehead atoms. The Hall–Kier alpha value is -1.90. The molecule has 1 aliphatic rings. The van der Waals surface area contributed by atoms with Gasteiger partial charge in [0.05, 0.1) is 12.0 Å². The van der Waals surface area contributed by atoms with E-state index < -0.39 is 10.0 Å². The number of carbonyl (C=O) groups is 1. The number of hydrogen-bond donors (Lipinski definition) is 0. The second-order valence-corrected chi connectivity index (χ2v) is 8.18. The maximum atomic E-state index is 12.8. The molecule has 1 aromatic heterocycles. The van der Waals surface area contributed by atoms with Crippen LogP contribution in [-0.2, 0) is 10.0 Å². The van der Waals surface area contributed by atoms with Crippen LogP contribution >= 0.6 is 11.3 Å². The highest BCUT2D eigenvalue weighted by atomic mass is 32.2. The van der Waals surface area contributed by atoms with Gasteiger partial charge in [-0.15, -0.1) is 11.3 Å². The van der Waals surface area contributed by atoms with Crippen molar-refractivity contribution in [3.05, 3.63) is 46.7 Å². The molecule has 1 fully saturated rings. The summed E-state index contributed by atoms with van der Waals surface area (Å²) in [7, 11) is -2.18. The van der Waals surface area contributed by atoms with Crippen molar-refractivity contribution in [3.63, 3.8) is 0 Å². The molecule has 0 N–H and O–H groups in total. The van der Waals surface area contributed by atoms with E-state index >= 15 is 0 Å². The average molecular weight is 366 g/mol. The molecule has 1 saturated heterocycles. The number of rotatable bonds is 4. The van der Waals surface area contributed by atoms with Crippen LogP contribution in [0, 0.1) is 0 Å². The molecule has 1 amide bonds. The molecule has 3 rings (SSSR count). The van der Waals surface area contributed by atoms with Crippen molar-refractivity contribution >= 4 is 27.3 Å². The molecule has 2 aromatic rings. The Balaban J connectivity index is 1.73. The van der Waals surface area contributed by atoms with Crippen molar-refractivity contribution in [1.29, 1.82) is 0 Å². The molecule has 0 unspecified atom stereocenters. The van der Waals surface area contributed by atoms with Gasteiger partial charge in [-0.05, 0) is 23.6 Å². The summed E-state index contributed by atoms with van der Waals surface area (Å²) in [6.07, 6.45) is 0. The van der Waals surface area contributed by atoms with Gasteiger partial charge in [-0.1, -0.05) is 18.2 Å². The molecule has 0 spiro atoms. The van der Waals surface area contributed by atoms with Gasteiger partial charge in [-0.25, -0.2) is 8.42 Å². The Kier molecular flexibility index (Phi) is 4.88. The predicted octanol–water partition coefficient (Wildman–Crippen LogP) is 1.90. The molecule has 0 saturated carbocycles. The van der Waals surface area contributed by atoms with E-state index in [0.717, 1.165) is 0 Å². The lowest BCUT2D eigenvalue weighted by Crippen LogP contribution is -2.50. The number of ether oxygens (including phenoxy) is 1. The third-order valence-corrected chi connectivity index (χ3v) is 6.74. The third-order valence-electron chi connectivity index (χ3n) is 3.94. The van der Waals surface area contributed by atoms with Gasteiger partial charge < -0.3 is 9.64 Å². The van der Waals surface area contributed by atoms with Crippen LogP contribution in [0.25, 0.3) is 0 Å². The first-order valence-corrected chi connectivity index (χ1v) is 9.82. The smallest absolute Gasteiger partial charge is 0.264 e. The fourth-order valence-electron chi connectivity index (χ4n) is 2.66. The van der Waals surface area contributed by atoms with Gasteiger partial charge >= 0.3 is 0 Å². The van der Waals surface area contributed by atoms with Crippen LogP contribution in [0.4, 0.5) is 0 Å². The zero-order valence-corrected chi connectivity index (χ0v) is 14.8. The number of sulfonamides is 1. The fraction of sp³-hybridized carbons (Fsp3) is 0.312. The molecule has 1 aromatic carbocycles. The van der Waals surface area contributed by atoms with Gasteiger partial charge in [0, 0.05) is 26.2 Å². The Bertz CT molecular complexity index is 810. The number of amides is 1. The van der Waals surface area contributed by atoms with Gasteiger partial charge in [0.25, 0.3) is 5.91 Å². The average Bonchev–Trinajstić information content (AvgIpc) is 3.15. The first-order chi connectivity index (χ1) is 11.5. The maximum absolute atomic E-state index is 12.8. The molecule has 6 nitrogen and oxygen atoms in total. The summed E-state index contributed by atoms with van der Waals surface area (Å²) in [5, 5.41) is 1.86. The van der Waals surface area contributed by atoms with Gasteiger partial charge in [-0.3, -0.25) is 4.79 Å². The van der Waals surface area contributed by atoms with Crippen LogP contribution in [0.2, 0.25) is 0 Å². The molecular weight excluding hydrogens is 348 g/mol. The number of piperazine rings is 1. The minimum atomic E-state index is -3.63. The highest BCUT2D eigenvalue weighted by Gasteiger charge is 2.32. The molecule has 0 atom stereocenters. The van der Waals surface area contributed by atoms with Crippen LogP contribution in [0.3, 0.4) is 0 Å². The third kappa shape index (κ3) is 3.17. The highest BCUT2D eigenvalue weighted by molar-refractivity contribution is 7.89. The Morgan fingerprint density at radius 1 is 1.08 bits per heavy atom. The van der Waals surface area contributed by atoms with Crippen molar-refractivity contribution in [2.24, 2.45) is 0 Å². The zero-order chi connectivity index (χ0) is 17.2. The Labute approximate surface area is 145 Å². The molecule has 8 heteroatoms. The second kappa shape index (κ2) is 6.92. The van der Waals surface area contributed by atoms with Crippen LogP contribution in [0.15, 0.2) is 46.7 Å². The molecule has 128 valence electrons. The van der Waals surface area contributed by atoms with Crippen LogP contribution in [-0.4, -0.2) is 56.8 Å². The number of nitrogens with zero attached hydrogens (tertiary/aromatic N) is 2. The lowest BCUT2D eigenvalue weighted by Gasteiger charge is -2.34. The van der Waals surface area contributed by atoms with Crippen LogP contribution in [0.1, 0.15) is 9.67 Å². The summed E-state index contributed by atoms with van der Waals surface area (Å²) in [6.45, 7) is 1.31. The summed E-state index contributed by atoms with van der Waals surface area (Å²) >= 11 is 1.39. The monoisotopic (exact) mass is 366 g/mol. The number of hydrogen-bond acceptors (Lipinski definition) is 5. The minimum Gasteiger partial charge on any atom is -0.495 e. The van der Waals surface area contributed by atoms with Crippen molar-refractivity contribution in [2.75, 3.05) is 33.3 Å². The van der Waals surface area contributed by atoms with Gasteiger partial charge in [0.1, 0.15) is 10.6 Å². The van der Waals surface area contributed by atoms with E-state index in [1.807, 2.05) is 11.4 Å². The van der Waals surface area contributed by atoms with Crippen LogP contribution in [0.5, 0.6) is 5.75 Å². The second-order valence-electron chi connectivity index (χ2n) is 5.32. The lowest BCUT2D eigenvalue weighted by molar-refractivity contribution is 0.0702. The van der Waals surface area contributed by atoms with Crippen molar-refractivity contribution in [2.45, 2.75) is 4.90 Å². The number of thiophene rings is 1. The standard InChI is InChI=1S/C16H18N2O4S2/c1-22-13-5-2-3-7-15(13)24(20,21)18-10-8-17(9-11-18)16(19)14-6-4-12-23-14/h2-7,12H,8-11H2,1H3. The Morgan fingerprint density at radius 3 is 2.42 bits per heavy atom. The minimum absolute atomic E-state index is 0.0423. The zero-order valence-electron chi connectivity index (χ0n) is 13.2. The lowest BCUT2D eigenvalue weighted by atomic mass is 10.3. The predicted molar refractivity (Wildman–Crippen MR) is 92.0 cm³/mol. The van der Waals surface area contributed by atoms with E-state index in [2.05, 4.69) is 0 Å². The quantitative estimate of drug-likeness (QED) is 0.829. The van der Waals surface area contributed by atoms with Crippen molar-refractivity contribution < 1.29 is 17.9 Å². The summed E-state index contributed by atoms with van der Waals surface area (Å²) in [4.78, 5) is 14.9.